The average Bonchev–Trinajstić information content (AvgIpc) is 2.61. The van der Waals surface area contributed by atoms with E-state index in [0.717, 1.165) is 22.9 Å². The molecule has 5 nitrogen and oxygen atoms in total. The van der Waals surface area contributed by atoms with Crippen LogP contribution in [0.1, 0.15) is 11.1 Å². The first-order valence-corrected chi connectivity index (χ1v) is 9.05. The lowest BCUT2D eigenvalue weighted by atomic mass is 10.1. The summed E-state index contributed by atoms with van der Waals surface area (Å²) in [7, 11) is -3.73. The second-order valence-corrected chi connectivity index (χ2v) is 7.25. The fraction of sp³-hybridized carbons (Fsp3) is 0.111. The Morgan fingerprint density at radius 1 is 1.04 bits per heavy atom. The van der Waals surface area contributed by atoms with E-state index in [4.69, 9.17) is 0 Å². The van der Waals surface area contributed by atoms with Gasteiger partial charge in [-0.2, -0.15) is 0 Å². The zero-order chi connectivity index (χ0) is 17.9. The lowest BCUT2D eigenvalue weighted by molar-refractivity contribution is 0.579. The van der Waals surface area contributed by atoms with E-state index in [9.17, 15) is 12.8 Å². The van der Waals surface area contributed by atoms with Crippen molar-refractivity contribution in [1.29, 1.82) is 0 Å². The van der Waals surface area contributed by atoms with Crippen molar-refractivity contribution in [1.82, 2.24) is 14.7 Å². The fourth-order valence-corrected chi connectivity index (χ4v) is 3.68. The molecular formula is C18H16FN3O2S. The molecule has 0 bridgehead atoms. The highest BCUT2D eigenvalue weighted by molar-refractivity contribution is 7.89. The van der Waals surface area contributed by atoms with Gasteiger partial charge in [0, 0.05) is 30.7 Å². The topological polar surface area (TPSA) is 72.0 Å². The maximum absolute atomic E-state index is 13.2. The first-order valence-electron chi connectivity index (χ1n) is 7.57. The van der Waals surface area contributed by atoms with Crippen LogP contribution in [0, 0.1) is 12.7 Å². The van der Waals surface area contributed by atoms with E-state index in [1.165, 1.54) is 12.1 Å². The van der Waals surface area contributed by atoms with Crippen LogP contribution in [0.2, 0.25) is 0 Å². The van der Waals surface area contributed by atoms with Crippen molar-refractivity contribution in [2.24, 2.45) is 0 Å². The van der Waals surface area contributed by atoms with Gasteiger partial charge in [0.2, 0.25) is 10.0 Å². The van der Waals surface area contributed by atoms with Crippen molar-refractivity contribution in [3.63, 3.8) is 0 Å². The van der Waals surface area contributed by atoms with Gasteiger partial charge in [-0.1, -0.05) is 0 Å². The smallest absolute Gasteiger partial charge is 0.241 e. The number of halogens is 1. The number of hydrogen-bond acceptors (Lipinski definition) is 4. The second-order valence-electron chi connectivity index (χ2n) is 5.52. The summed E-state index contributed by atoms with van der Waals surface area (Å²) in [6.45, 7) is 1.67. The normalized spacial score (nSPS) is 11.4. The molecule has 0 unspecified atom stereocenters. The summed E-state index contributed by atoms with van der Waals surface area (Å²) in [6, 6.07) is 10.8. The Bertz CT molecular complexity index is 992. The molecule has 1 N–H and O–H groups in total. The standard InChI is InChI=1S/C18H16FN3O2S/c1-13-10-16(19)2-3-18(13)25(23,24)22-12-14-4-9-21-17(11-14)15-5-7-20-8-6-15/h2-11,22H,12H2,1H3. The van der Waals surface area contributed by atoms with Gasteiger partial charge in [-0.3, -0.25) is 9.97 Å². The number of pyridine rings is 2. The first kappa shape index (κ1) is 17.2. The minimum atomic E-state index is -3.73. The number of aromatic nitrogens is 2. The first-order chi connectivity index (χ1) is 12.0. The van der Waals surface area contributed by atoms with Gasteiger partial charge in [-0.15, -0.1) is 0 Å². The largest absolute Gasteiger partial charge is 0.265 e. The van der Waals surface area contributed by atoms with E-state index >= 15 is 0 Å². The Morgan fingerprint density at radius 3 is 2.52 bits per heavy atom. The van der Waals surface area contributed by atoms with Crippen molar-refractivity contribution in [3.05, 3.63) is 78.0 Å². The van der Waals surface area contributed by atoms with Gasteiger partial charge in [0.05, 0.1) is 10.6 Å². The second kappa shape index (κ2) is 7.08. The number of aryl methyl sites for hydroxylation is 1. The summed E-state index contributed by atoms with van der Waals surface area (Å²) in [5.41, 5.74) is 2.76. The van der Waals surface area contributed by atoms with E-state index in [1.54, 1.807) is 31.6 Å². The maximum Gasteiger partial charge on any atom is 0.241 e. The van der Waals surface area contributed by atoms with E-state index in [-0.39, 0.29) is 11.4 Å². The summed E-state index contributed by atoms with van der Waals surface area (Å²) in [4.78, 5) is 8.32. The highest BCUT2D eigenvalue weighted by atomic mass is 32.2. The molecule has 7 heteroatoms. The summed E-state index contributed by atoms with van der Waals surface area (Å²) in [5, 5.41) is 0. The number of sulfonamides is 1. The number of nitrogens with one attached hydrogen (secondary N) is 1. The Kier molecular flexibility index (Phi) is 4.87. The quantitative estimate of drug-likeness (QED) is 0.762. The van der Waals surface area contributed by atoms with Crippen LogP contribution in [0.5, 0.6) is 0 Å². The van der Waals surface area contributed by atoms with E-state index in [2.05, 4.69) is 14.7 Å². The molecule has 0 saturated heterocycles. The molecule has 25 heavy (non-hydrogen) atoms. The minimum absolute atomic E-state index is 0.0670. The molecule has 2 heterocycles. The van der Waals surface area contributed by atoms with E-state index < -0.39 is 15.8 Å². The highest BCUT2D eigenvalue weighted by Gasteiger charge is 2.17. The van der Waals surface area contributed by atoms with Crippen LogP contribution < -0.4 is 4.72 Å². The van der Waals surface area contributed by atoms with Gasteiger partial charge in [0.15, 0.2) is 0 Å². The van der Waals surface area contributed by atoms with Crippen LogP contribution in [0.15, 0.2) is 66.0 Å². The molecule has 0 aliphatic rings. The predicted molar refractivity (Wildman–Crippen MR) is 92.6 cm³/mol. The molecule has 0 fully saturated rings. The molecule has 128 valence electrons. The molecule has 0 amide bonds. The van der Waals surface area contributed by atoms with E-state index in [1.807, 2.05) is 18.2 Å². The number of nitrogens with zero attached hydrogens (tertiary/aromatic N) is 2. The minimum Gasteiger partial charge on any atom is -0.265 e. The van der Waals surface area contributed by atoms with Crippen LogP contribution in [-0.4, -0.2) is 18.4 Å². The Labute approximate surface area is 145 Å². The molecule has 0 aliphatic carbocycles. The molecule has 3 rings (SSSR count). The van der Waals surface area contributed by atoms with Crippen molar-refractivity contribution in [2.75, 3.05) is 0 Å². The Balaban J connectivity index is 1.79. The third-order valence-corrected chi connectivity index (χ3v) is 5.25. The van der Waals surface area contributed by atoms with Crippen molar-refractivity contribution >= 4 is 10.0 Å². The molecule has 0 radical (unpaired) electrons. The van der Waals surface area contributed by atoms with Gasteiger partial charge >= 0.3 is 0 Å². The lowest BCUT2D eigenvalue weighted by Gasteiger charge is -2.10. The van der Waals surface area contributed by atoms with Crippen LogP contribution in [0.3, 0.4) is 0 Å². The number of benzene rings is 1. The average molecular weight is 357 g/mol. The van der Waals surface area contributed by atoms with Crippen LogP contribution in [-0.2, 0) is 16.6 Å². The van der Waals surface area contributed by atoms with Crippen LogP contribution in [0.25, 0.3) is 11.3 Å². The molecule has 0 atom stereocenters. The number of hydrogen-bond donors (Lipinski definition) is 1. The number of rotatable bonds is 5. The summed E-state index contributed by atoms with van der Waals surface area (Å²) in [5.74, 6) is -0.465. The zero-order valence-electron chi connectivity index (χ0n) is 13.5. The van der Waals surface area contributed by atoms with Crippen molar-refractivity contribution in [3.8, 4) is 11.3 Å². The van der Waals surface area contributed by atoms with E-state index in [0.29, 0.717) is 5.56 Å². The predicted octanol–water partition coefficient (Wildman–Crippen LogP) is 3.07. The van der Waals surface area contributed by atoms with Gasteiger partial charge in [0.25, 0.3) is 0 Å². The molecule has 0 saturated carbocycles. The SMILES string of the molecule is Cc1cc(F)ccc1S(=O)(=O)NCc1ccnc(-c2ccncc2)c1. The Morgan fingerprint density at radius 2 is 1.80 bits per heavy atom. The highest BCUT2D eigenvalue weighted by Crippen LogP contribution is 2.18. The monoisotopic (exact) mass is 357 g/mol. The third kappa shape index (κ3) is 4.07. The lowest BCUT2D eigenvalue weighted by Crippen LogP contribution is -2.24. The maximum atomic E-state index is 13.2. The molecule has 0 spiro atoms. The van der Waals surface area contributed by atoms with Crippen molar-refractivity contribution in [2.45, 2.75) is 18.4 Å². The summed E-state index contributed by atoms with van der Waals surface area (Å²) in [6.07, 6.45) is 4.97. The molecule has 3 aromatic rings. The van der Waals surface area contributed by atoms with Gasteiger partial charge < -0.3 is 0 Å². The molecule has 0 aliphatic heterocycles. The fourth-order valence-electron chi connectivity index (χ4n) is 2.44. The molecule has 1 aromatic carbocycles. The van der Waals surface area contributed by atoms with Crippen LogP contribution in [0.4, 0.5) is 4.39 Å². The van der Waals surface area contributed by atoms with Gasteiger partial charge in [-0.05, 0) is 60.5 Å². The molecule has 2 aromatic heterocycles. The van der Waals surface area contributed by atoms with Crippen LogP contribution >= 0.6 is 0 Å². The summed E-state index contributed by atoms with van der Waals surface area (Å²) < 4.78 is 40.6. The van der Waals surface area contributed by atoms with Gasteiger partial charge in [-0.25, -0.2) is 17.5 Å². The third-order valence-electron chi connectivity index (χ3n) is 3.69. The summed E-state index contributed by atoms with van der Waals surface area (Å²) >= 11 is 0. The Hall–Kier alpha value is -2.64. The van der Waals surface area contributed by atoms with Crippen molar-refractivity contribution < 1.29 is 12.8 Å². The van der Waals surface area contributed by atoms with Gasteiger partial charge in [0.1, 0.15) is 5.82 Å². The zero-order valence-corrected chi connectivity index (χ0v) is 14.3. The molecular weight excluding hydrogens is 341 g/mol.